The number of benzene rings is 2. The van der Waals surface area contributed by atoms with Crippen molar-refractivity contribution in [3.05, 3.63) is 81.5 Å². The molecule has 3 aromatic rings. The number of ketones is 1. The zero-order valence-corrected chi connectivity index (χ0v) is 16.5. The van der Waals surface area contributed by atoms with Crippen LogP contribution in [0.4, 0.5) is 0 Å². The summed E-state index contributed by atoms with van der Waals surface area (Å²) in [5.41, 5.74) is 2.81. The maximum atomic E-state index is 12.8. The number of aryl methyl sites for hydroxylation is 1. The third-order valence-corrected chi connectivity index (χ3v) is 5.29. The number of fused-ring (bicyclic) bond motifs is 1. The molecule has 1 aliphatic heterocycles. The number of Topliss-reactive ketones (excluding diaryl/α,β-unsaturated/α-hetero) is 1. The predicted octanol–water partition coefficient (Wildman–Crippen LogP) is 4.75. The van der Waals surface area contributed by atoms with Gasteiger partial charge in [0.2, 0.25) is 6.79 Å². The average molecular weight is 406 g/mol. The summed E-state index contributed by atoms with van der Waals surface area (Å²) in [6.45, 7) is 1.77. The lowest BCUT2D eigenvalue weighted by atomic mass is 10.1. The van der Waals surface area contributed by atoms with Crippen molar-refractivity contribution in [2.24, 2.45) is 0 Å². The number of esters is 1. The molecule has 0 amide bonds. The van der Waals surface area contributed by atoms with Gasteiger partial charge in [0.05, 0.1) is 5.57 Å². The Morgan fingerprint density at radius 2 is 1.93 bits per heavy atom. The first-order valence-corrected chi connectivity index (χ1v) is 9.90. The Morgan fingerprint density at radius 1 is 1.07 bits per heavy atom. The van der Waals surface area contributed by atoms with Crippen LogP contribution in [0.3, 0.4) is 0 Å². The first-order chi connectivity index (χ1) is 14.1. The van der Waals surface area contributed by atoms with Gasteiger partial charge in [0.15, 0.2) is 23.9 Å². The van der Waals surface area contributed by atoms with Crippen molar-refractivity contribution in [2.45, 2.75) is 6.92 Å². The van der Waals surface area contributed by atoms with Gasteiger partial charge in [0, 0.05) is 10.4 Å². The van der Waals surface area contributed by atoms with Crippen LogP contribution in [0.5, 0.6) is 11.5 Å². The minimum absolute atomic E-state index is 0.135. The van der Waals surface area contributed by atoms with Crippen molar-refractivity contribution < 1.29 is 23.8 Å². The second-order valence-corrected chi connectivity index (χ2v) is 7.46. The topological polar surface area (TPSA) is 61.8 Å². The molecular weight excluding hydrogens is 388 g/mol. The number of rotatable bonds is 6. The lowest BCUT2D eigenvalue weighted by Gasteiger charge is -2.08. The van der Waals surface area contributed by atoms with Crippen molar-refractivity contribution in [3.8, 4) is 11.5 Å². The summed E-state index contributed by atoms with van der Waals surface area (Å²) in [5, 5.41) is 1.89. The van der Waals surface area contributed by atoms with Crippen LogP contribution in [0.2, 0.25) is 0 Å². The lowest BCUT2D eigenvalue weighted by Crippen LogP contribution is -2.15. The van der Waals surface area contributed by atoms with Gasteiger partial charge in [-0.15, -0.1) is 11.3 Å². The Kier molecular flexibility index (Phi) is 5.44. The summed E-state index contributed by atoms with van der Waals surface area (Å²) < 4.78 is 15.9. The maximum absolute atomic E-state index is 12.8. The quantitative estimate of drug-likeness (QED) is 0.336. The molecule has 0 unspecified atom stereocenters. The third-order valence-electron chi connectivity index (χ3n) is 4.39. The number of hydrogen-bond acceptors (Lipinski definition) is 6. The highest BCUT2D eigenvalue weighted by molar-refractivity contribution is 7.11. The number of carbonyl (C=O) groups is 2. The molecule has 6 heteroatoms. The van der Waals surface area contributed by atoms with E-state index >= 15 is 0 Å². The summed E-state index contributed by atoms with van der Waals surface area (Å²) in [4.78, 5) is 26.0. The van der Waals surface area contributed by atoms with Crippen LogP contribution < -0.4 is 9.47 Å². The van der Waals surface area contributed by atoms with Gasteiger partial charge in [-0.25, -0.2) is 4.79 Å². The van der Waals surface area contributed by atoms with E-state index in [0.717, 1.165) is 16.0 Å². The van der Waals surface area contributed by atoms with E-state index in [1.54, 1.807) is 24.3 Å². The zero-order chi connectivity index (χ0) is 20.2. The van der Waals surface area contributed by atoms with Crippen LogP contribution in [-0.4, -0.2) is 25.2 Å². The molecular formula is C23H18O5S. The lowest BCUT2D eigenvalue weighted by molar-refractivity contribution is -0.135. The fourth-order valence-electron chi connectivity index (χ4n) is 2.95. The molecule has 0 N–H and O–H groups in total. The number of ether oxygens (including phenoxy) is 3. The van der Waals surface area contributed by atoms with E-state index in [4.69, 9.17) is 14.2 Å². The molecule has 0 radical (unpaired) electrons. The van der Waals surface area contributed by atoms with Crippen LogP contribution in [0.1, 0.15) is 26.4 Å². The highest BCUT2D eigenvalue weighted by Gasteiger charge is 2.19. The van der Waals surface area contributed by atoms with Gasteiger partial charge in [0.1, 0.15) is 0 Å². The summed E-state index contributed by atoms with van der Waals surface area (Å²) in [6, 6.07) is 16.5. The SMILES string of the molecule is Cc1cccc(/C=C(/C(=O)OCC(=O)c2ccc3c(c2)OCO3)c2cccs2)c1. The van der Waals surface area contributed by atoms with E-state index in [0.29, 0.717) is 22.6 Å². The van der Waals surface area contributed by atoms with Crippen molar-refractivity contribution >= 4 is 34.7 Å². The molecule has 0 fully saturated rings. The fourth-order valence-corrected chi connectivity index (χ4v) is 3.68. The first kappa shape index (κ1) is 19.0. The minimum atomic E-state index is -0.539. The van der Waals surface area contributed by atoms with Gasteiger partial charge in [-0.1, -0.05) is 35.9 Å². The molecule has 1 aromatic heterocycles. The second-order valence-electron chi connectivity index (χ2n) is 6.52. The molecule has 146 valence electrons. The van der Waals surface area contributed by atoms with Crippen LogP contribution >= 0.6 is 11.3 Å². The van der Waals surface area contributed by atoms with E-state index < -0.39 is 5.97 Å². The molecule has 0 saturated carbocycles. The van der Waals surface area contributed by atoms with Gasteiger partial charge in [-0.05, 0) is 48.2 Å². The molecule has 0 atom stereocenters. The molecule has 2 aromatic carbocycles. The van der Waals surface area contributed by atoms with Crippen molar-refractivity contribution in [2.75, 3.05) is 13.4 Å². The molecule has 0 bridgehead atoms. The van der Waals surface area contributed by atoms with E-state index in [-0.39, 0.29) is 19.2 Å². The molecule has 0 aliphatic carbocycles. The van der Waals surface area contributed by atoms with Crippen molar-refractivity contribution in [3.63, 3.8) is 0 Å². The number of carbonyl (C=O) groups excluding carboxylic acids is 2. The smallest absolute Gasteiger partial charge is 0.340 e. The van der Waals surface area contributed by atoms with Crippen LogP contribution in [0, 0.1) is 6.92 Å². The largest absolute Gasteiger partial charge is 0.454 e. The molecule has 0 saturated heterocycles. The summed E-state index contributed by atoms with van der Waals surface area (Å²) >= 11 is 1.44. The Balaban J connectivity index is 1.50. The van der Waals surface area contributed by atoms with Gasteiger partial charge in [0.25, 0.3) is 0 Å². The van der Waals surface area contributed by atoms with Crippen molar-refractivity contribution in [1.82, 2.24) is 0 Å². The maximum Gasteiger partial charge on any atom is 0.340 e. The minimum Gasteiger partial charge on any atom is -0.454 e. The summed E-state index contributed by atoms with van der Waals surface area (Å²) in [5.74, 6) is 0.265. The zero-order valence-electron chi connectivity index (χ0n) is 15.7. The Labute approximate surface area is 172 Å². The monoisotopic (exact) mass is 406 g/mol. The number of hydrogen-bond donors (Lipinski definition) is 0. The molecule has 5 nitrogen and oxygen atoms in total. The molecule has 29 heavy (non-hydrogen) atoms. The van der Waals surface area contributed by atoms with Crippen LogP contribution in [0.25, 0.3) is 11.6 Å². The Hall–Kier alpha value is -3.38. The Morgan fingerprint density at radius 3 is 2.72 bits per heavy atom. The van der Waals surface area contributed by atoms with E-state index in [1.807, 2.05) is 48.7 Å². The molecule has 2 heterocycles. The van der Waals surface area contributed by atoms with Crippen LogP contribution in [0.15, 0.2) is 60.0 Å². The van der Waals surface area contributed by atoms with E-state index in [2.05, 4.69) is 0 Å². The highest BCUT2D eigenvalue weighted by Crippen LogP contribution is 2.32. The van der Waals surface area contributed by atoms with Crippen LogP contribution in [-0.2, 0) is 9.53 Å². The molecule has 0 spiro atoms. The summed E-state index contributed by atoms with van der Waals surface area (Å²) in [6.07, 6.45) is 1.78. The van der Waals surface area contributed by atoms with Gasteiger partial charge in [-0.3, -0.25) is 4.79 Å². The van der Waals surface area contributed by atoms with Gasteiger partial charge >= 0.3 is 5.97 Å². The standard InChI is InChI=1S/C23H18O5S/c1-15-4-2-5-16(10-15)11-18(22-6-3-9-29-22)23(25)26-13-19(24)17-7-8-20-21(12-17)28-14-27-20/h2-12H,13-14H2,1H3/b18-11+. The fraction of sp³-hybridized carbons (Fsp3) is 0.130. The normalized spacial score (nSPS) is 12.7. The van der Waals surface area contributed by atoms with Gasteiger partial charge in [-0.2, -0.15) is 0 Å². The highest BCUT2D eigenvalue weighted by atomic mass is 32.1. The average Bonchev–Trinajstić information content (AvgIpc) is 3.41. The van der Waals surface area contributed by atoms with Crippen molar-refractivity contribution in [1.29, 1.82) is 0 Å². The molecule has 4 rings (SSSR count). The number of thiophene rings is 1. The molecule has 1 aliphatic rings. The second kappa shape index (κ2) is 8.32. The van der Waals surface area contributed by atoms with E-state index in [1.165, 1.54) is 11.3 Å². The van der Waals surface area contributed by atoms with Gasteiger partial charge < -0.3 is 14.2 Å². The predicted molar refractivity (Wildman–Crippen MR) is 111 cm³/mol. The summed E-state index contributed by atoms with van der Waals surface area (Å²) in [7, 11) is 0. The first-order valence-electron chi connectivity index (χ1n) is 9.02. The Bertz CT molecular complexity index is 1080. The third kappa shape index (κ3) is 4.38. The van der Waals surface area contributed by atoms with E-state index in [9.17, 15) is 9.59 Å².